The number of hydrogen-bond donors (Lipinski definition) is 1. The third-order valence-electron chi connectivity index (χ3n) is 4.53. The summed E-state index contributed by atoms with van der Waals surface area (Å²) < 4.78 is 7.75. The number of rotatable bonds is 6. The van der Waals surface area contributed by atoms with Crippen molar-refractivity contribution in [2.45, 2.75) is 6.42 Å². The molecular formula is C24H20ClN3O2S. The lowest BCUT2D eigenvalue weighted by molar-refractivity contribution is -0.115. The molecular weight excluding hydrogens is 430 g/mol. The van der Waals surface area contributed by atoms with E-state index in [0.29, 0.717) is 5.02 Å². The number of carbonyl (C=O) groups excluding carboxylic acids is 1. The molecule has 0 saturated carbocycles. The fourth-order valence-corrected chi connectivity index (χ4v) is 3.93. The molecule has 3 aromatic carbocycles. The van der Waals surface area contributed by atoms with Gasteiger partial charge in [0, 0.05) is 28.8 Å². The molecule has 1 amide bonds. The number of thiazole rings is 1. The smallest absolute Gasteiger partial charge is 0.230 e. The van der Waals surface area contributed by atoms with Gasteiger partial charge in [0.05, 0.1) is 12.1 Å². The first-order valence-corrected chi connectivity index (χ1v) is 10.9. The average Bonchev–Trinajstić information content (AvgIpc) is 3.11. The number of nitrogens with one attached hydrogen (secondary N) is 1. The zero-order valence-electron chi connectivity index (χ0n) is 16.8. The minimum atomic E-state index is -0.0929. The van der Waals surface area contributed by atoms with Crippen LogP contribution in [-0.4, -0.2) is 10.5 Å². The highest BCUT2D eigenvalue weighted by molar-refractivity contribution is 7.07. The summed E-state index contributed by atoms with van der Waals surface area (Å²) in [6.45, 7) is 0. The molecule has 0 fully saturated rings. The lowest BCUT2D eigenvalue weighted by Crippen LogP contribution is -2.19. The second-order valence-corrected chi connectivity index (χ2v) is 8.09. The van der Waals surface area contributed by atoms with Crippen molar-refractivity contribution in [2.75, 3.05) is 5.32 Å². The standard InChI is InChI=1S/C24H20ClN3O2S/c1-28-20(15-23(29)26-18-9-7-17(25)8-10-18)16-31-24(28)27-19-11-13-22(14-12-19)30-21-5-3-2-4-6-21/h2-14,16H,15H2,1H3,(H,26,29). The summed E-state index contributed by atoms with van der Waals surface area (Å²) in [5.74, 6) is 1.45. The van der Waals surface area contributed by atoms with Gasteiger partial charge in [0.2, 0.25) is 5.91 Å². The molecule has 31 heavy (non-hydrogen) atoms. The molecule has 1 aromatic heterocycles. The number of aromatic nitrogens is 1. The molecule has 0 aliphatic heterocycles. The summed E-state index contributed by atoms with van der Waals surface area (Å²) in [7, 11) is 1.91. The maximum atomic E-state index is 12.4. The van der Waals surface area contributed by atoms with Crippen LogP contribution in [0.15, 0.2) is 89.2 Å². The van der Waals surface area contributed by atoms with Crippen molar-refractivity contribution < 1.29 is 9.53 Å². The maximum Gasteiger partial charge on any atom is 0.230 e. The van der Waals surface area contributed by atoms with Crippen LogP contribution in [0.2, 0.25) is 5.02 Å². The molecule has 156 valence electrons. The minimum absolute atomic E-state index is 0.0929. The predicted molar refractivity (Wildman–Crippen MR) is 125 cm³/mol. The van der Waals surface area contributed by atoms with Crippen LogP contribution in [0.4, 0.5) is 11.4 Å². The number of benzene rings is 3. The van der Waals surface area contributed by atoms with Crippen LogP contribution in [0.1, 0.15) is 5.69 Å². The molecule has 0 radical (unpaired) electrons. The molecule has 0 aliphatic carbocycles. The highest BCUT2D eigenvalue weighted by Gasteiger charge is 2.09. The van der Waals surface area contributed by atoms with Crippen molar-refractivity contribution in [3.63, 3.8) is 0 Å². The zero-order chi connectivity index (χ0) is 21.6. The highest BCUT2D eigenvalue weighted by Crippen LogP contribution is 2.23. The molecule has 4 aromatic rings. The van der Waals surface area contributed by atoms with Crippen LogP contribution < -0.4 is 14.9 Å². The number of amides is 1. The van der Waals surface area contributed by atoms with Gasteiger partial charge in [-0.25, -0.2) is 4.99 Å². The molecule has 5 nitrogen and oxygen atoms in total. The van der Waals surface area contributed by atoms with E-state index in [1.54, 1.807) is 24.3 Å². The fraction of sp³-hybridized carbons (Fsp3) is 0.0833. The molecule has 1 N–H and O–H groups in total. The Kier molecular flexibility index (Phi) is 6.50. The van der Waals surface area contributed by atoms with E-state index in [4.69, 9.17) is 16.3 Å². The number of anilines is 1. The van der Waals surface area contributed by atoms with Crippen LogP contribution >= 0.6 is 22.9 Å². The van der Waals surface area contributed by atoms with E-state index in [1.165, 1.54) is 11.3 Å². The second kappa shape index (κ2) is 9.64. The number of halogens is 1. The van der Waals surface area contributed by atoms with E-state index in [0.717, 1.165) is 33.4 Å². The monoisotopic (exact) mass is 449 g/mol. The molecule has 0 unspecified atom stereocenters. The molecule has 0 spiro atoms. The lowest BCUT2D eigenvalue weighted by Gasteiger charge is -2.06. The van der Waals surface area contributed by atoms with Gasteiger partial charge in [-0.3, -0.25) is 4.79 Å². The van der Waals surface area contributed by atoms with Gasteiger partial charge in [-0.05, 0) is 60.7 Å². The van der Waals surface area contributed by atoms with Crippen LogP contribution in [0.5, 0.6) is 11.5 Å². The Morgan fingerprint density at radius 1 is 1.00 bits per heavy atom. The first-order chi connectivity index (χ1) is 15.1. The predicted octanol–water partition coefficient (Wildman–Crippen LogP) is 5.95. The molecule has 7 heteroatoms. The van der Waals surface area contributed by atoms with Gasteiger partial charge in [0.1, 0.15) is 11.5 Å². The van der Waals surface area contributed by atoms with Crippen LogP contribution in [0.3, 0.4) is 0 Å². The van der Waals surface area contributed by atoms with Gasteiger partial charge in [-0.2, -0.15) is 0 Å². The summed E-state index contributed by atoms with van der Waals surface area (Å²) in [6.07, 6.45) is 0.259. The molecule has 0 aliphatic rings. The van der Waals surface area contributed by atoms with Gasteiger partial charge < -0.3 is 14.6 Å². The third kappa shape index (κ3) is 5.63. The Hall–Kier alpha value is -3.35. The van der Waals surface area contributed by atoms with Crippen LogP contribution in [-0.2, 0) is 18.3 Å². The Morgan fingerprint density at radius 2 is 1.68 bits per heavy atom. The van der Waals surface area contributed by atoms with Crippen molar-refractivity contribution in [3.05, 3.63) is 99.8 Å². The third-order valence-corrected chi connectivity index (χ3v) is 5.75. The summed E-state index contributed by atoms with van der Waals surface area (Å²) >= 11 is 7.38. The molecule has 0 bridgehead atoms. The lowest BCUT2D eigenvalue weighted by atomic mass is 10.3. The quantitative estimate of drug-likeness (QED) is 0.395. The molecule has 4 rings (SSSR count). The van der Waals surface area contributed by atoms with Gasteiger partial charge in [0.15, 0.2) is 4.80 Å². The second-order valence-electron chi connectivity index (χ2n) is 6.82. The van der Waals surface area contributed by atoms with Crippen molar-refractivity contribution >= 4 is 40.2 Å². The van der Waals surface area contributed by atoms with Gasteiger partial charge in [-0.15, -0.1) is 11.3 Å². The number of hydrogen-bond acceptors (Lipinski definition) is 4. The minimum Gasteiger partial charge on any atom is -0.457 e. The van der Waals surface area contributed by atoms with Gasteiger partial charge >= 0.3 is 0 Å². The van der Waals surface area contributed by atoms with E-state index < -0.39 is 0 Å². The molecule has 0 saturated heterocycles. The van der Waals surface area contributed by atoms with E-state index in [9.17, 15) is 4.79 Å². The topological polar surface area (TPSA) is 55.6 Å². The highest BCUT2D eigenvalue weighted by atomic mass is 35.5. The van der Waals surface area contributed by atoms with Gasteiger partial charge in [0.25, 0.3) is 0 Å². The largest absolute Gasteiger partial charge is 0.457 e. The summed E-state index contributed by atoms with van der Waals surface area (Å²) in [4.78, 5) is 17.9. The van der Waals surface area contributed by atoms with Gasteiger partial charge in [-0.1, -0.05) is 29.8 Å². The number of para-hydroxylation sites is 1. The number of carbonyl (C=O) groups is 1. The Labute approximate surface area is 189 Å². The Bertz CT molecular complexity index is 1230. The SMILES string of the molecule is Cn1c(CC(=O)Nc2ccc(Cl)cc2)csc1=Nc1ccc(Oc2ccccc2)cc1. The van der Waals surface area contributed by atoms with Crippen molar-refractivity contribution in [1.29, 1.82) is 0 Å². The average molecular weight is 450 g/mol. The van der Waals surface area contributed by atoms with Crippen molar-refractivity contribution in [2.24, 2.45) is 12.0 Å². The molecule has 1 heterocycles. The summed E-state index contributed by atoms with van der Waals surface area (Å²) in [5, 5.41) is 5.46. The van der Waals surface area contributed by atoms with E-state index >= 15 is 0 Å². The molecule has 0 atom stereocenters. The zero-order valence-corrected chi connectivity index (χ0v) is 18.4. The van der Waals surface area contributed by atoms with Crippen molar-refractivity contribution in [1.82, 2.24) is 4.57 Å². The Morgan fingerprint density at radius 3 is 2.39 bits per heavy atom. The first-order valence-electron chi connectivity index (χ1n) is 9.63. The van der Waals surface area contributed by atoms with Crippen LogP contribution in [0.25, 0.3) is 0 Å². The van der Waals surface area contributed by atoms with Crippen LogP contribution in [0, 0.1) is 0 Å². The normalized spacial score (nSPS) is 11.4. The number of nitrogens with zero attached hydrogens (tertiary/aromatic N) is 2. The Balaban J connectivity index is 1.43. The first kappa shape index (κ1) is 20.9. The summed E-state index contributed by atoms with van der Waals surface area (Å²) in [6, 6.07) is 24.3. The van der Waals surface area contributed by atoms with E-state index in [2.05, 4.69) is 10.3 Å². The number of ether oxygens (including phenoxy) is 1. The summed E-state index contributed by atoms with van der Waals surface area (Å²) in [5.41, 5.74) is 2.42. The van der Waals surface area contributed by atoms with E-state index in [-0.39, 0.29) is 12.3 Å². The fourth-order valence-electron chi connectivity index (χ4n) is 2.89. The van der Waals surface area contributed by atoms with E-state index in [1.807, 2.05) is 71.6 Å². The van der Waals surface area contributed by atoms with Crippen molar-refractivity contribution in [3.8, 4) is 11.5 Å². The maximum absolute atomic E-state index is 12.4.